The van der Waals surface area contributed by atoms with Gasteiger partial charge in [-0.05, 0) is 12.1 Å². The summed E-state index contributed by atoms with van der Waals surface area (Å²) in [5, 5.41) is 17.4. The number of rotatable bonds is 3. The average Bonchev–Trinajstić information content (AvgIpc) is 2.54. The number of carboxylic acid groups (broad SMARTS) is 1. The summed E-state index contributed by atoms with van der Waals surface area (Å²) >= 11 is 0. The Balaban J connectivity index is 3.04. The van der Waals surface area contributed by atoms with Crippen LogP contribution >= 0.6 is 0 Å². The van der Waals surface area contributed by atoms with E-state index in [1.165, 1.54) is 18.4 Å². The zero-order valence-electron chi connectivity index (χ0n) is 6.23. The Morgan fingerprint density at radius 2 is 2.42 bits per heavy atom. The van der Waals surface area contributed by atoms with Crippen LogP contribution in [0.2, 0.25) is 0 Å². The van der Waals surface area contributed by atoms with E-state index in [9.17, 15) is 4.79 Å². The van der Waals surface area contributed by atoms with Crippen LogP contribution in [0.4, 0.5) is 0 Å². The lowest BCUT2D eigenvalue weighted by molar-refractivity contribution is -0.146. The summed E-state index contributed by atoms with van der Waals surface area (Å²) in [6, 6.07) is 2.92. The summed E-state index contributed by atoms with van der Waals surface area (Å²) in [6.07, 6.45) is 1.30. The Morgan fingerprint density at radius 1 is 1.75 bits per heavy atom. The van der Waals surface area contributed by atoms with Gasteiger partial charge < -0.3 is 20.4 Å². The molecule has 0 amide bonds. The normalized spacial score (nSPS) is 15.5. The van der Waals surface area contributed by atoms with Gasteiger partial charge in [0.2, 0.25) is 0 Å². The topological polar surface area (TPSA) is 96.7 Å². The molecule has 0 unspecified atom stereocenters. The van der Waals surface area contributed by atoms with Crippen molar-refractivity contribution in [2.75, 3.05) is 6.61 Å². The van der Waals surface area contributed by atoms with Crippen LogP contribution in [0.15, 0.2) is 22.8 Å². The molecule has 5 heteroatoms. The molecule has 0 radical (unpaired) electrons. The number of aliphatic hydroxyl groups excluding tert-OH is 1. The molecular formula is C7H9NO4. The molecule has 1 aromatic rings. The zero-order valence-corrected chi connectivity index (χ0v) is 6.23. The van der Waals surface area contributed by atoms with Crippen LogP contribution in [0, 0.1) is 0 Å². The van der Waals surface area contributed by atoms with E-state index in [1.54, 1.807) is 0 Å². The van der Waals surface area contributed by atoms with Crippen LogP contribution in [0.1, 0.15) is 5.76 Å². The molecule has 0 spiro atoms. The fraction of sp³-hybridized carbons (Fsp3) is 0.286. The van der Waals surface area contributed by atoms with Crippen molar-refractivity contribution in [1.82, 2.24) is 0 Å². The smallest absolute Gasteiger partial charge is 0.334 e. The highest BCUT2D eigenvalue weighted by atomic mass is 16.4. The first-order valence-electron chi connectivity index (χ1n) is 3.28. The molecule has 1 aromatic heterocycles. The average molecular weight is 171 g/mol. The molecule has 0 bridgehead atoms. The van der Waals surface area contributed by atoms with Crippen molar-refractivity contribution in [2.24, 2.45) is 5.73 Å². The Morgan fingerprint density at radius 3 is 2.75 bits per heavy atom. The molecular weight excluding hydrogens is 162 g/mol. The minimum atomic E-state index is -1.83. The largest absolute Gasteiger partial charge is 0.479 e. The molecule has 12 heavy (non-hydrogen) atoms. The highest BCUT2D eigenvalue weighted by molar-refractivity contribution is 5.79. The van der Waals surface area contributed by atoms with E-state index in [-0.39, 0.29) is 5.76 Å². The maximum atomic E-state index is 10.6. The molecule has 0 aliphatic carbocycles. The Labute approximate surface area is 68.4 Å². The monoisotopic (exact) mass is 171 g/mol. The second kappa shape index (κ2) is 2.96. The second-order valence-electron chi connectivity index (χ2n) is 2.41. The van der Waals surface area contributed by atoms with Crippen molar-refractivity contribution >= 4 is 5.97 Å². The van der Waals surface area contributed by atoms with Gasteiger partial charge in [0.05, 0.1) is 12.9 Å². The molecule has 0 saturated carbocycles. The van der Waals surface area contributed by atoms with E-state index in [2.05, 4.69) is 0 Å². The van der Waals surface area contributed by atoms with Crippen LogP contribution < -0.4 is 5.73 Å². The zero-order chi connectivity index (χ0) is 9.19. The minimum absolute atomic E-state index is 0.0394. The van der Waals surface area contributed by atoms with Crippen LogP contribution in [0.3, 0.4) is 0 Å². The SMILES string of the molecule is N[C@@](CO)(C(=O)O)c1ccco1. The van der Waals surface area contributed by atoms with Gasteiger partial charge in [-0.15, -0.1) is 0 Å². The third-order valence-electron chi connectivity index (χ3n) is 1.59. The van der Waals surface area contributed by atoms with Gasteiger partial charge in [-0.2, -0.15) is 0 Å². The first-order chi connectivity index (χ1) is 5.61. The Hall–Kier alpha value is -1.33. The quantitative estimate of drug-likeness (QED) is 0.570. The molecule has 0 saturated heterocycles. The third kappa shape index (κ3) is 1.19. The summed E-state index contributed by atoms with van der Waals surface area (Å²) in [6.45, 7) is -0.699. The van der Waals surface area contributed by atoms with Crippen LogP contribution in [-0.2, 0) is 10.3 Å². The van der Waals surface area contributed by atoms with Crippen molar-refractivity contribution < 1.29 is 19.4 Å². The van der Waals surface area contributed by atoms with Gasteiger partial charge in [0.1, 0.15) is 5.76 Å². The van der Waals surface area contributed by atoms with Crippen LogP contribution in [0.25, 0.3) is 0 Å². The molecule has 0 aliphatic rings. The molecule has 66 valence electrons. The van der Waals surface area contributed by atoms with Gasteiger partial charge in [-0.3, -0.25) is 0 Å². The number of aliphatic hydroxyl groups is 1. The number of nitrogens with two attached hydrogens (primary N) is 1. The number of furan rings is 1. The molecule has 0 fully saturated rings. The van der Waals surface area contributed by atoms with E-state index in [0.29, 0.717) is 0 Å². The first-order valence-corrected chi connectivity index (χ1v) is 3.28. The van der Waals surface area contributed by atoms with Gasteiger partial charge in [-0.1, -0.05) is 0 Å². The standard InChI is InChI=1S/C7H9NO4/c8-7(4-9,6(10)11)5-2-1-3-12-5/h1-3,9H,4,8H2,(H,10,11)/t7-/m1/s1. The fourth-order valence-corrected chi connectivity index (χ4v) is 0.783. The fourth-order valence-electron chi connectivity index (χ4n) is 0.783. The van der Waals surface area contributed by atoms with Crippen molar-refractivity contribution in [3.05, 3.63) is 24.2 Å². The van der Waals surface area contributed by atoms with Gasteiger partial charge in [-0.25, -0.2) is 4.79 Å². The third-order valence-corrected chi connectivity index (χ3v) is 1.59. The Kier molecular flexibility index (Phi) is 2.16. The predicted octanol–water partition coefficient (Wildman–Crippen LogP) is -0.489. The number of hydrogen-bond acceptors (Lipinski definition) is 4. The van der Waals surface area contributed by atoms with Crippen molar-refractivity contribution in [3.8, 4) is 0 Å². The van der Waals surface area contributed by atoms with Crippen molar-refractivity contribution in [3.63, 3.8) is 0 Å². The highest BCUT2D eigenvalue weighted by Gasteiger charge is 2.38. The summed E-state index contributed by atoms with van der Waals surface area (Å²) in [7, 11) is 0. The Bertz CT molecular complexity index is 269. The maximum absolute atomic E-state index is 10.6. The molecule has 1 heterocycles. The first kappa shape index (κ1) is 8.76. The van der Waals surface area contributed by atoms with Gasteiger partial charge in [0.25, 0.3) is 0 Å². The second-order valence-corrected chi connectivity index (χ2v) is 2.41. The number of hydrogen-bond donors (Lipinski definition) is 3. The van der Waals surface area contributed by atoms with E-state index < -0.39 is 18.1 Å². The molecule has 4 N–H and O–H groups in total. The summed E-state index contributed by atoms with van der Waals surface area (Å²) in [5.41, 5.74) is 3.53. The number of aliphatic carboxylic acids is 1. The summed E-state index contributed by atoms with van der Waals surface area (Å²) < 4.78 is 4.78. The summed E-state index contributed by atoms with van der Waals surface area (Å²) in [4.78, 5) is 10.6. The summed E-state index contributed by atoms with van der Waals surface area (Å²) in [5.74, 6) is -1.28. The molecule has 0 aromatic carbocycles. The van der Waals surface area contributed by atoms with E-state index >= 15 is 0 Å². The number of carbonyl (C=O) groups is 1. The lowest BCUT2D eigenvalue weighted by Gasteiger charge is -2.18. The predicted molar refractivity (Wildman–Crippen MR) is 39.3 cm³/mol. The van der Waals surface area contributed by atoms with Crippen LogP contribution in [-0.4, -0.2) is 22.8 Å². The van der Waals surface area contributed by atoms with Gasteiger partial charge in [0.15, 0.2) is 5.54 Å². The molecule has 1 atom stereocenters. The molecule has 5 nitrogen and oxygen atoms in total. The van der Waals surface area contributed by atoms with Crippen molar-refractivity contribution in [2.45, 2.75) is 5.54 Å². The van der Waals surface area contributed by atoms with E-state index in [1.807, 2.05) is 0 Å². The van der Waals surface area contributed by atoms with E-state index in [0.717, 1.165) is 0 Å². The minimum Gasteiger partial charge on any atom is -0.479 e. The lowest BCUT2D eigenvalue weighted by Crippen LogP contribution is -2.47. The van der Waals surface area contributed by atoms with Crippen molar-refractivity contribution in [1.29, 1.82) is 0 Å². The maximum Gasteiger partial charge on any atom is 0.334 e. The number of carboxylic acids is 1. The lowest BCUT2D eigenvalue weighted by atomic mass is 9.99. The van der Waals surface area contributed by atoms with Gasteiger partial charge in [0, 0.05) is 0 Å². The van der Waals surface area contributed by atoms with Crippen LogP contribution in [0.5, 0.6) is 0 Å². The molecule has 0 aliphatic heterocycles. The highest BCUT2D eigenvalue weighted by Crippen LogP contribution is 2.18. The van der Waals surface area contributed by atoms with Gasteiger partial charge >= 0.3 is 5.97 Å². The molecule has 1 rings (SSSR count). The van der Waals surface area contributed by atoms with E-state index in [4.69, 9.17) is 20.4 Å².